The molecular weight excluding hydrogens is 376 g/mol. The lowest BCUT2D eigenvalue weighted by atomic mass is 10.0. The third-order valence-corrected chi connectivity index (χ3v) is 4.22. The minimum atomic E-state index is -1.08. The molecule has 0 aliphatic rings. The van der Waals surface area contributed by atoms with Crippen LogP contribution in [0.3, 0.4) is 0 Å². The molecule has 0 saturated carbocycles. The minimum Gasteiger partial charge on any atom is -0.321 e. The number of halogens is 2. The van der Waals surface area contributed by atoms with E-state index in [0.717, 1.165) is 17.7 Å². The summed E-state index contributed by atoms with van der Waals surface area (Å²) < 4.78 is 26.3. The fourth-order valence-electron chi connectivity index (χ4n) is 2.76. The SMILES string of the molecule is CC(C)c1ccccc1NC(=O)c1cccc(C(=O)Nc2ccc(F)c(F)c2)n1. The monoisotopic (exact) mass is 395 g/mol. The van der Waals surface area contributed by atoms with Gasteiger partial charge in [-0.25, -0.2) is 13.8 Å². The molecular formula is C22H19F2N3O2. The number of amides is 2. The fraction of sp³-hybridized carbons (Fsp3) is 0.136. The Bertz CT molecular complexity index is 1070. The number of pyridine rings is 1. The number of nitrogens with one attached hydrogen (secondary N) is 2. The topological polar surface area (TPSA) is 71.1 Å². The first kappa shape index (κ1) is 20.1. The molecule has 0 atom stereocenters. The molecule has 1 heterocycles. The van der Waals surface area contributed by atoms with Crippen molar-refractivity contribution >= 4 is 23.2 Å². The fourth-order valence-corrected chi connectivity index (χ4v) is 2.76. The summed E-state index contributed by atoms with van der Waals surface area (Å²) in [5.41, 5.74) is 1.76. The summed E-state index contributed by atoms with van der Waals surface area (Å²) in [6, 6.07) is 14.9. The number of para-hydroxylation sites is 1. The van der Waals surface area contributed by atoms with Crippen molar-refractivity contribution < 1.29 is 18.4 Å². The Hall–Kier alpha value is -3.61. The van der Waals surface area contributed by atoms with E-state index in [1.807, 2.05) is 32.0 Å². The van der Waals surface area contributed by atoms with E-state index in [4.69, 9.17) is 0 Å². The molecule has 1 aromatic heterocycles. The van der Waals surface area contributed by atoms with Crippen molar-refractivity contribution in [2.45, 2.75) is 19.8 Å². The summed E-state index contributed by atoms with van der Waals surface area (Å²) in [5, 5.41) is 5.24. The third kappa shape index (κ3) is 4.82. The minimum absolute atomic E-state index is 0.0282. The highest BCUT2D eigenvalue weighted by Gasteiger charge is 2.15. The van der Waals surface area contributed by atoms with E-state index < -0.39 is 23.4 Å². The van der Waals surface area contributed by atoms with Crippen LogP contribution in [0.25, 0.3) is 0 Å². The summed E-state index contributed by atoms with van der Waals surface area (Å²) in [6.45, 7) is 4.04. The molecule has 29 heavy (non-hydrogen) atoms. The number of rotatable bonds is 5. The summed E-state index contributed by atoms with van der Waals surface area (Å²) in [4.78, 5) is 29.1. The van der Waals surface area contributed by atoms with Crippen molar-refractivity contribution in [3.8, 4) is 0 Å². The van der Waals surface area contributed by atoms with E-state index in [1.54, 1.807) is 6.07 Å². The van der Waals surface area contributed by atoms with E-state index in [1.165, 1.54) is 24.3 Å². The summed E-state index contributed by atoms with van der Waals surface area (Å²) in [6.07, 6.45) is 0. The zero-order valence-corrected chi connectivity index (χ0v) is 15.9. The normalized spacial score (nSPS) is 10.7. The molecule has 0 bridgehead atoms. The lowest BCUT2D eigenvalue weighted by Crippen LogP contribution is -2.19. The number of anilines is 2. The molecule has 3 rings (SSSR count). The Labute approximate surface area is 166 Å². The highest BCUT2D eigenvalue weighted by atomic mass is 19.2. The quantitative estimate of drug-likeness (QED) is 0.640. The summed E-state index contributed by atoms with van der Waals surface area (Å²) in [7, 11) is 0. The van der Waals surface area contributed by atoms with Gasteiger partial charge in [-0.2, -0.15) is 0 Å². The first-order valence-corrected chi connectivity index (χ1v) is 8.99. The molecule has 0 aliphatic carbocycles. The van der Waals surface area contributed by atoms with Gasteiger partial charge < -0.3 is 10.6 Å². The van der Waals surface area contributed by atoms with Crippen LogP contribution in [-0.2, 0) is 0 Å². The van der Waals surface area contributed by atoms with E-state index in [9.17, 15) is 18.4 Å². The highest BCUT2D eigenvalue weighted by molar-refractivity contribution is 6.06. The lowest BCUT2D eigenvalue weighted by molar-refractivity contribution is 0.101. The van der Waals surface area contributed by atoms with E-state index in [-0.39, 0.29) is 23.0 Å². The van der Waals surface area contributed by atoms with Crippen LogP contribution in [0.1, 0.15) is 46.3 Å². The Kier molecular flexibility index (Phi) is 5.97. The molecule has 0 aliphatic heterocycles. The Morgan fingerprint density at radius 1 is 0.828 bits per heavy atom. The molecule has 0 saturated heterocycles. The van der Waals surface area contributed by atoms with Crippen LogP contribution in [-0.4, -0.2) is 16.8 Å². The van der Waals surface area contributed by atoms with Gasteiger partial charge in [-0.15, -0.1) is 0 Å². The molecule has 2 aromatic carbocycles. The van der Waals surface area contributed by atoms with Gasteiger partial charge in [0.2, 0.25) is 0 Å². The van der Waals surface area contributed by atoms with Gasteiger partial charge in [0.05, 0.1) is 0 Å². The third-order valence-electron chi connectivity index (χ3n) is 4.22. The summed E-state index contributed by atoms with van der Waals surface area (Å²) >= 11 is 0. The number of carbonyl (C=O) groups is 2. The van der Waals surface area contributed by atoms with Crippen LogP contribution in [0.5, 0.6) is 0 Å². The Balaban J connectivity index is 1.77. The second-order valence-corrected chi connectivity index (χ2v) is 6.69. The van der Waals surface area contributed by atoms with Crippen LogP contribution in [0.2, 0.25) is 0 Å². The highest BCUT2D eigenvalue weighted by Crippen LogP contribution is 2.24. The molecule has 2 N–H and O–H groups in total. The molecule has 0 fully saturated rings. The van der Waals surface area contributed by atoms with Crippen molar-refractivity contribution in [1.82, 2.24) is 4.98 Å². The predicted molar refractivity (Wildman–Crippen MR) is 107 cm³/mol. The van der Waals surface area contributed by atoms with Gasteiger partial charge in [-0.3, -0.25) is 9.59 Å². The maximum atomic E-state index is 13.3. The van der Waals surface area contributed by atoms with Crippen molar-refractivity contribution in [2.24, 2.45) is 0 Å². The molecule has 0 unspecified atom stereocenters. The van der Waals surface area contributed by atoms with Crippen molar-refractivity contribution in [3.05, 3.63) is 89.2 Å². The van der Waals surface area contributed by atoms with Gasteiger partial charge >= 0.3 is 0 Å². The molecule has 0 radical (unpaired) electrons. The van der Waals surface area contributed by atoms with Crippen LogP contribution < -0.4 is 10.6 Å². The average molecular weight is 395 g/mol. The van der Waals surface area contributed by atoms with Crippen LogP contribution in [0, 0.1) is 11.6 Å². The predicted octanol–water partition coefficient (Wildman–Crippen LogP) is 4.99. The van der Waals surface area contributed by atoms with Crippen LogP contribution >= 0.6 is 0 Å². The number of nitrogens with zero attached hydrogens (tertiary/aromatic N) is 1. The van der Waals surface area contributed by atoms with Gasteiger partial charge in [-0.1, -0.05) is 38.1 Å². The molecule has 3 aromatic rings. The first-order chi connectivity index (χ1) is 13.8. The van der Waals surface area contributed by atoms with Gasteiger partial charge in [0, 0.05) is 17.4 Å². The molecule has 148 valence electrons. The van der Waals surface area contributed by atoms with Crippen molar-refractivity contribution in [3.63, 3.8) is 0 Å². The first-order valence-electron chi connectivity index (χ1n) is 8.99. The smallest absolute Gasteiger partial charge is 0.274 e. The van der Waals surface area contributed by atoms with E-state index in [0.29, 0.717) is 5.69 Å². The maximum absolute atomic E-state index is 13.3. The number of benzene rings is 2. The van der Waals surface area contributed by atoms with Crippen molar-refractivity contribution in [1.29, 1.82) is 0 Å². The molecule has 0 spiro atoms. The van der Waals surface area contributed by atoms with E-state index in [2.05, 4.69) is 15.6 Å². The Morgan fingerprint density at radius 3 is 2.14 bits per heavy atom. The lowest BCUT2D eigenvalue weighted by Gasteiger charge is -2.13. The maximum Gasteiger partial charge on any atom is 0.274 e. The zero-order chi connectivity index (χ0) is 21.0. The van der Waals surface area contributed by atoms with Gasteiger partial charge in [0.1, 0.15) is 11.4 Å². The van der Waals surface area contributed by atoms with Gasteiger partial charge in [0.25, 0.3) is 11.8 Å². The molecule has 5 nitrogen and oxygen atoms in total. The second kappa shape index (κ2) is 8.60. The number of hydrogen-bond acceptors (Lipinski definition) is 3. The second-order valence-electron chi connectivity index (χ2n) is 6.69. The number of aromatic nitrogens is 1. The van der Waals surface area contributed by atoms with Gasteiger partial charge in [0.15, 0.2) is 11.6 Å². The Morgan fingerprint density at radius 2 is 1.48 bits per heavy atom. The zero-order valence-electron chi connectivity index (χ0n) is 15.9. The molecule has 2 amide bonds. The largest absolute Gasteiger partial charge is 0.321 e. The standard InChI is InChI=1S/C22H19F2N3O2/c1-13(2)15-6-3-4-7-18(15)27-22(29)20-9-5-8-19(26-20)21(28)25-14-10-11-16(23)17(24)12-14/h3-13H,1-2H3,(H,25,28)(H,27,29). The molecule has 7 heteroatoms. The number of hydrogen-bond donors (Lipinski definition) is 2. The van der Waals surface area contributed by atoms with Gasteiger partial charge in [-0.05, 0) is 41.8 Å². The van der Waals surface area contributed by atoms with E-state index >= 15 is 0 Å². The van der Waals surface area contributed by atoms with Crippen LogP contribution in [0.15, 0.2) is 60.7 Å². The number of carbonyl (C=O) groups excluding carboxylic acids is 2. The van der Waals surface area contributed by atoms with Crippen LogP contribution in [0.4, 0.5) is 20.2 Å². The average Bonchev–Trinajstić information content (AvgIpc) is 2.71. The van der Waals surface area contributed by atoms with Crippen molar-refractivity contribution in [2.75, 3.05) is 10.6 Å². The summed E-state index contributed by atoms with van der Waals surface area (Å²) in [5.74, 6) is -2.98.